The fourth-order valence-electron chi connectivity index (χ4n) is 3.01. The molecule has 6 nitrogen and oxygen atoms in total. The summed E-state index contributed by atoms with van der Waals surface area (Å²) < 4.78 is 0. The van der Waals surface area contributed by atoms with E-state index in [1.165, 1.54) is 11.3 Å². The minimum Gasteiger partial charge on any atom is -0.369 e. The number of thiophene rings is 1. The number of nitrogens with two attached hydrogens (primary N) is 2. The normalized spacial score (nSPS) is 17.3. The van der Waals surface area contributed by atoms with Crippen molar-refractivity contribution in [1.82, 2.24) is 4.90 Å². The van der Waals surface area contributed by atoms with Crippen LogP contribution in [0.2, 0.25) is 0 Å². The van der Waals surface area contributed by atoms with Gasteiger partial charge in [-0.1, -0.05) is 12.1 Å². The molecule has 1 saturated heterocycles. The van der Waals surface area contributed by atoms with Crippen LogP contribution in [0.25, 0.3) is 10.4 Å². The highest BCUT2D eigenvalue weighted by Gasteiger charge is 2.27. The van der Waals surface area contributed by atoms with Gasteiger partial charge in [-0.15, -0.1) is 11.3 Å². The van der Waals surface area contributed by atoms with Gasteiger partial charge in [0.2, 0.25) is 5.91 Å². The van der Waals surface area contributed by atoms with Crippen LogP contribution in [0.15, 0.2) is 36.4 Å². The maximum Gasteiger partial charge on any atom is 0.258 e. The monoisotopic (exact) mass is 357 g/mol. The summed E-state index contributed by atoms with van der Waals surface area (Å²) in [6.45, 7) is 0.987. The second kappa shape index (κ2) is 7.06. The van der Waals surface area contributed by atoms with Gasteiger partial charge in [-0.25, -0.2) is 0 Å². The van der Waals surface area contributed by atoms with E-state index in [1.54, 1.807) is 23.1 Å². The Bertz CT molecular complexity index is 830. The second-order valence-electron chi connectivity index (χ2n) is 6.10. The Labute approximate surface area is 149 Å². The van der Waals surface area contributed by atoms with E-state index in [1.807, 2.05) is 18.2 Å². The van der Waals surface area contributed by atoms with Crippen LogP contribution in [-0.4, -0.2) is 35.7 Å². The number of piperidine rings is 1. The summed E-state index contributed by atoms with van der Waals surface area (Å²) in [5, 5.41) is 0. The molecule has 2 aromatic rings. The highest BCUT2D eigenvalue weighted by Crippen LogP contribution is 2.29. The van der Waals surface area contributed by atoms with Crippen molar-refractivity contribution in [2.75, 3.05) is 13.1 Å². The van der Waals surface area contributed by atoms with Crippen LogP contribution in [0, 0.1) is 5.92 Å². The van der Waals surface area contributed by atoms with Gasteiger partial charge in [0.15, 0.2) is 0 Å². The highest BCUT2D eigenvalue weighted by atomic mass is 32.1. The summed E-state index contributed by atoms with van der Waals surface area (Å²) in [6.07, 6.45) is 1.50. The van der Waals surface area contributed by atoms with Gasteiger partial charge >= 0.3 is 0 Å². The molecule has 0 aliphatic carbocycles. The number of primary amides is 2. The fraction of sp³-hybridized carbons (Fsp3) is 0.278. The van der Waals surface area contributed by atoms with E-state index in [4.69, 9.17) is 11.5 Å². The van der Waals surface area contributed by atoms with Crippen LogP contribution in [0.3, 0.4) is 0 Å². The van der Waals surface area contributed by atoms with Crippen molar-refractivity contribution in [2.45, 2.75) is 12.8 Å². The summed E-state index contributed by atoms with van der Waals surface area (Å²) in [7, 11) is 0. The number of carbonyl (C=O) groups is 3. The van der Waals surface area contributed by atoms with Gasteiger partial charge in [0.05, 0.1) is 10.8 Å². The lowest BCUT2D eigenvalue weighted by molar-refractivity contribution is -0.123. The Hall–Kier alpha value is -2.67. The molecule has 130 valence electrons. The van der Waals surface area contributed by atoms with Gasteiger partial charge < -0.3 is 16.4 Å². The van der Waals surface area contributed by atoms with Crippen LogP contribution in [0.5, 0.6) is 0 Å². The third-order valence-corrected chi connectivity index (χ3v) is 5.50. The van der Waals surface area contributed by atoms with Crippen molar-refractivity contribution in [3.8, 4) is 10.4 Å². The quantitative estimate of drug-likeness (QED) is 0.872. The smallest absolute Gasteiger partial charge is 0.258 e. The minimum atomic E-state index is -0.464. The standard InChI is InChI=1S/C18H19N3O3S/c19-16(22)13-5-2-8-21(10-13)18(24)12-4-1-3-11(9-12)14-6-7-15(25-14)17(20)23/h1,3-4,6-7,9,13H,2,5,8,10H2,(H2,19,22)(H2,20,23)/t13-/m0/s1. The molecule has 4 N–H and O–H groups in total. The Balaban J connectivity index is 1.81. The first-order valence-corrected chi connectivity index (χ1v) is 8.86. The first-order valence-electron chi connectivity index (χ1n) is 8.04. The van der Waals surface area contributed by atoms with Gasteiger partial charge in [0, 0.05) is 23.5 Å². The number of amides is 3. The number of nitrogens with zero attached hydrogens (tertiary/aromatic N) is 1. The lowest BCUT2D eigenvalue weighted by Crippen LogP contribution is -2.44. The van der Waals surface area contributed by atoms with Crippen LogP contribution in [-0.2, 0) is 4.79 Å². The molecule has 1 aliphatic rings. The van der Waals surface area contributed by atoms with Gasteiger partial charge in [0.25, 0.3) is 11.8 Å². The zero-order chi connectivity index (χ0) is 18.0. The summed E-state index contributed by atoms with van der Waals surface area (Å²) in [6, 6.07) is 10.7. The maximum atomic E-state index is 12.8. The van der Waals surface area contributed by atoms with E-state index in [0.29, 0.717) is 23.5 Å². The molecular weight excluding hydrogens is 338 g/mol. The summed E-state index contributed by atoms with van der Waals surface area (Å²) in [5.41, 5.74) is 12.1. The second-order valence-corrected chi connectivity index (χ2v) is 7.19. The average Bonchev–Trinajstić information content (AvgIpc) is 3.12. The van der Waals surface area contributed by atoms with Crippen LogP contribution >= 0.6 is 11.3 Å². The molecule has 1 aromatic carbocycles. The van der Waals surface area contributed by atoms with Gasteiger partial charge in [-0.05, 0) is 42.7 Å². The van der Waals surface area contributed by atoms with E-state index >= 15 is 0 Å². The number of carbonyl (C=O) groups excluding carboxylic acids is 3. The van der Waals surface area contributed by atoms with Crippen molar-refractivity contribution in [3.63, 3.8) is 0 Å². The molecular formula is C18H19N3O3S. The topological polar surface area (TPSA) is 106 Å². The third-order valence-electron chi connectivity index (χ3n) is 4.35. The predicted octanol–water partition coefficient (Wildman–Crippen LogP) is 1.85. The largest absolute Gasteiger partial charge is 0.369 e. The molecule has 1 atom stereocenters. The SMILES string of the molecule is NC(=O)c1ccc(-c2cccc(C(=O)N3CCC[C@H](C(N)=O)C3)c2)s1. The molecule has 1 aromatic heterocycles. The van der Waals surface area contributed by atoms with Crippen molar-refractivity contribution >= 4 is 29.1 Å². The average molecular weight is 357 g/mol. The first-order chi connectivity index (χ1) is 12.0. The van der Waals surface area contributed by atoms with E-state index < -0.39 is 5.91 Å². The maximum absolute atomic E-state index is 12.8. The van der Waals surface area contributed by atoms with Gasteiger partial charge in [-0.3, -0.25) is 14.4 Å². The molecule has 7 heteroatoms. The van der Waals surface area contributed by atoms with Crippen molar-refractivity contribution in [2.24, 2.45) is 17.4 Å². The number of rotatable bonds is 4. The Morgan fingerprint density at radius 1 is 1.12 bits per heavy atom. The Morgan fingerprint density at radius 2 is 1.92 bits per heavy atom. The number of hydrogen-bond donors (Lipinski definition) is 2. The minimum absolute atomic E-state index is 0.112. The third kappa shape index (κ3) is 3.71. The highest BCUT2D eigenvalue weighted by molar-refractivity contribution is 7.17. The molecule has 1 aliphatic heterocycles. The lowest BCUT2D eigenvalue weighted by atomic mass is 9.96. The fourth-order valence-corrected chi connectivity index (χ4v) is 3.86. The number of benzene rings is 1. The van der Waals surface area contributed by atoms with Crippen molar-refractivity contribution < 1.29 is 14.4 Å². The molecule has 3 amide bonds. The first kappa shape index (κ1) is 17.2. The Kier molecular flexibility index (Phi) is 4.85. The van der Waals surface area contributed by atoms with Crippen LogP contribution < -0.4 is 11.5 Å². The summed E-state index contributed by atoms with van der Waals surface area (Å²) in [4.78, 5) is 38.5. The number of likely N-dealkylation sites (tertiary alicyclic amines) is 1. The van der Waals surface area contributed by atoms with Crippen molar-refractivity contribution in [1.29, 1.82) is 0 Å². The molecule has 0 unspecified atom stereocenters. The molecule has 2 heterocycles. The molecule has 0 saturated carbocycles. The molecule has 0 bridgehead atoms. The van der Waals surface area contributed by atoms with Crippen LogP contribution in [0.1, 0.15) is 32.9 Å². The zero-order valence-electron chi connectivity index (χ0n) is 13.6. The molecule has 0 spiro atoms. The lowest BCUT2D eigenvalue weighted by Gasteiger charge is -2.31. The van der Waals surface area contributed by atoms with Gasteiger partial charge in [-0.2, -0.15) is 0 Å². The molecule has 3 rings (SSSR count). The predicted molar refractivity (Wildman–Crippen MR) is 96.1 cm³/mol. The Morgan fingerprint density at radius 3 is 2.60 bits per heavy atom. The molecule has 0 radical (unpaired) electrons. The molecule has 1 fully saturated rings. The molecule has 25 heavy (non-hydrogen) atoms. The zero-order valence-corrected chi connectivity index (χ0v) is 14.4. The van der Waals surface area contributed by atoms with Crippen LogP contribution in [0.4, 0.5) is 0 Å². The van der Waals surface area contributed by atoms with E-state index in [9.17, 15) is 14.4 Å². The summed E-state index contributed by atoms with van der Waals surface area (Å²) in [5.74, 6) is -1.21. The summed E-state index contributed by atoms with van der Waals surface area (Å²) >= 11 is 1.29. The van der Waals surface area contributed by atoms with E-state index in [2.05, 4.69) is 0 Å². The van der Waals surface area contributed by atoms with Gasteiger partial charge in [0.1, 0.15) is 0 Å². The van der Waals surface area contributed by atoms with E-state index in [-0.39, 0.29) is 17.7 Å². The number of hydrogen-bond acceptors (Lipinski definition) is 4. The van der Waals surface area contributed by atoms with Crippen molar-refractivity contribution in [3.05, 3.63) is 46.8 Å². The van der Waals surface area contributed by atoms with E-state index in [0.717, 1.165) is 23.3 Å².